The average Bonchev–Trinajstić information content (AvgIpc) is 2.71. The fraction of sp³-hybridized carbons (Fsp3) is 0.357. The maximum Gasteiger partial charge on any atom is 0.122 e. The molecule has 1 heterocycles. The van der Waals surface area contributed by atoms with Crippen LogP contribution in [-0.4, -0.2) is 16.2 Å². The van der Waals surface area contributed by atoms with Gasteiger partial charge >= 0.3 is 0 Å². The largest absolute Gasteiger partial charge is 0.491 e. The first-order valence-electron chi connectivity index (χ1n) is 5.85. The molecule has 0 spiro atoms. The van der Waals surface area contributed by atoms with Crippen LogP contribution in [0, 0.1) is 20.8 Å². The molecule has 0 saturated heterocycles. The standard InChI is InChI=1S/C14H18N2O/c1-11-5-4-6-14(12(11)2)17-10-9-16-8-7-15-13(16)3/h4-8H,9-10H2,1-3H3. The van der Waals surface area contributed by atoms with Gasteiger partial charge in [-0.3, -0.25) is 0 Å². The molecule has 0 aliphatic carbocycles. The minimum Gasteiger partial charge on any atom is -0.491 e. The Morgan fingerprint density at radius 2 is 2.06 bits per heavy atom. The van der Waals surface area contributed by atoms with Crippen molar-refractivity contribution in [3.8, 4) is 5.75 Å². The molecule has 0 saturated carbocycles. The van der Waals surface area contributed by atoms with Gasteiger partial charge in [0.15, 0.2) is 0 Å². The molecule has 1 aromatic heterocycles. The van der Waals surface area contributed by atoms with E-state index in [4.69, 9.17) is 4.74 Å². The van der Waals surface area contributed by atoms with Gasteiger partial charge in [-0.1, -0.05) is 12.1 Å². The van der Waals surface area contributed by atoms with Crippen molar-refractivity contribution in [3.63, 3.8) is 0 Å². The highest BCUT2D eigenvalue weighted by molar-refractivity contribution is 5.38. The molecule has 1 aromatic carbocycles. The molecule has 0 radical (unpaired) electrons. The fourth-order valence-corrected chi connectivity index (χ4v) is 1.77. The lowest BCUT2D eigenvalue weighted by Gasteiger charge is -2.11. The molecule has 17 heavy (non-hydrogen) atoms. The highest BCUT2D eigenvalue weighted by atomic mass is 16.5. The molecule has 0 atom stereocenters. The van der Waals surface area contributed by atoms with E-state index in [1.54, 1.807) is 0 Å². The van der Waals surface area contributed by atoms with Crippen LogP contribution >= 0.6 is 0 Å². The number of hydrogen-bond donors (Lipinski definition) is 0. The van der Waals surface area contributed by atoms with E-state index < -0.39 is 0 Å². The number of imidazole rings is 1. The Morgan fingerprint density at radius 3 is 2.76 bits per heavy atom. The van der Waals surface area contributed by atoms with Crippen LogP contribution in [0.5, 0.6) is 5.75 Å². The monoisotopic (exact) mass is 230 g/mol. The number of benzene rings is 1. The Bertz CT molecular complexity index is 503. The third kappa shape index (κ3) is 2.67. The zero-order valence-electron chi connectivity index (χ0n) is 10.6. The van der Waals surface area contributed by atoms with Crippen LogP contribution in [0.4, 0.5) is 0 Å². The Labute approximate surface area is 102 Å². The van der Waals surface area contributed by atoms with Gasteiger partial charge in [-0.15, -0.1) is 0 Å². The van der Waals surface area contributed by atoms with Crippen LogP contribution in [0.25, 0.3) is 0 Å². The van der Waals surface area contributed by atoms with E-state index in [0.717, 1.165) is 18.1 Å². The summed E-state index contributed by atoms with van der Waals surface area (Å²) < 4.78 is 7.89. The number of aryl methyl sites for hydroxylation is 2. The summed E-state index contributed by atoms with van der Waals surface area (Å²) in [5, 5.41) is 0. The normalized spacial score (nSPS) is 10.5. The maximum absolute atomic E-state index is 5.80. The minimum atomic E-state index is 0.668. The summed E-state index contributed by atoms with van der Waals surface area (Å²) in [4.78, 5) is 4.18. The quantitative estimate of drug-likeness (QED) is 0.807. The second-order valence-electron chi connectivity index (χ2n) is 4.21. The summed E-state index contributed by atoms with van der Waals surface area (Å²) in [6.07, 6.45) is 3.79. The summed E-state index contributed by atoms with van der Waals surface area (Å²) in [6, 6.07) is 6.14. The molecule has 2 aromatic rings. The van der Waals surface area contributed by atoms with Gasteiger partial charge in [0.2, 0.25) is 0 Å². The predicted molar refractivity (Wildman–Crippen MR) is 68.4 cm³/mol. The second-order valence-corrected chi connectivity index (χ2v) is 4.21. The van der Waals surface area contributed by atoms with Crippen LogP contribution < -0.4 is 4.74 Å². The molecule has 0 aliphatic heterocycles. The molecule has 0 amide bonds. The lowest BCUT2D eigenvalue weighted by atomic mass is 10.1. The summed E-state index contributed by atoms with van der Waals surface area (Å²) >= 11 is 0. The van der Waals surface area contributed by atoms with E-state index in [0.29, 0.717) is 6.61 Å². The van der Waals surface area contributed by atoms with E-state index in [1.165, 1.54) is 11.1 Å². The van der Waals surface area contributed by atoms with Crippen LogP contribution in [0.15, 0.2) is 30.6 Å². The number of rotatable bonds is 4. The van der Waals surface area contributed by atoms with Gasteiger partial charge in [0.1, 0.15) is 18.2 Å². The van der Waals surface area contributed by atoms with E-state index in [1.807, 2.05) is 31.5 Å². The molecule has 3 heteroatoms. The van der Waals surface area contributed by atoms with Gasteiger partial charge in [0.05, 0.1) is 6.54 Å². The van der Waals surface area contributed by atoms with Gasteiger partial charge in [0.25, 0.3) is 0 Å². The zero-order chi connectivity index (χ0) is 12.3. The molecule has 0 aliphatic rings. The number of ether oxygens (including phenoxy) is 1. The average molecular weight is 230 g/mol. The van der Waals surface area contributed by atoms with Gasteiger partial charge in [-0.2, -0.15) is 0 Å². The first-order valence-corrected chi connectivity index (χ1v) is 5.85. The van der Waals surface area contributed by atoms with Crippen LogP contribution in [-0.2, 0) is 6.54 Å². The first kappa shape index (κ1) is 11.7. The van der Waals surface area contributed by atoms with Crippen LogP contribution in [0.3, 0.4) is 0 Å². The van der Waals surface area contributed by atoms with E-state index in [-0.39, 0.29) is 0 Å². The van der Waals surface area contributed by atoms with Crippen LogP contribution in [0.1, 0.15) is 17.0 Å². The maximum atomic E-state index is 5.80. The Kier molecular flexibility index (Phi) is 3.47. The minimum absolute atomic E-state index is 0.668. The van der Waals surface area contributed by atoms with Crippen molar-refractivity contribution in [1.82, 2.24) is 9.55 Å². The van der Waals surface area contributed by atoms with Gasteiger partial charge in [-0.25, -0.2) is 4.98 Å². The zero-order valence-corrected chi connectivity index (χ0v) is 10.6. The van der Waals surface area contributed by atoms with Crippen molar-refractivity contribution in [1.29, 1.82) is 0 Å². The smallest absolute Gasteiger partial charge is 0.122 e. The lowest BCUT2D eigenvalue weighted by Crippen LogP contribution is -2.09. The van der Waals surface area contributed by atoms with Gasteiger partial charge < -0.3 is 9.30 Å². The molecule has 90 valence electrons. The molecular formula is C14H18N2O. The van der Waals surface area contributed by atoms with Crippen molar-refractivity contribution in [3.05, 3.63) is 47.5 Å². The highest BCUT2D eigenvalue weighted by Crippen LogP contribution is 2.20. The second kappa shape index (κ2) is 5.04. The Morgan fingerprint density at radius 1 is 1.24 bits per heavy atom. The lowest BCUT2D eigenvalue weighted by molar-refractivity contribution is 0.295. The molecule has 0 bridgehead atoms. The van der Waals surface area contributed by atoms with Crippen molar-refractivity contribution >= 4 is 0 Å². The van der Waals surface area contributed by atoms with Crippen molar-refractivity contribution in [2.45, 2.75) is 27.3 Å². The third-order valence-electron chi connectivity index (χ3n) is 3.07. The molecular weight excluding hydrogens is 212 g/mol. The van der Waals surface area contributed by atoms with Crippen LogP contribution in [0.2, 0.25) is 0 Å². The predicted octanol–water partition coefficient (Wildman–Crippen LogP) is 2.89. The summed E-state index contributed by atoms with van der Waals surface area (Å²) in [5.74, 6) is 2.00. The van der Waals surface area contributed by atoms with Gasteiger partial charge in [0, 0.05) is 12.4 Å². The fourth-order valence-electron chi connectivity index (χ4n) is 1.77. The van der Waals surface area contributed by atoms with Crippen molar-refractivity contribution in [2.24, 2.45) is 0 Å². The molecule has 3 nitrogen and oxygen atoms in total. The Balaban J connectivity index is 1.95. The SMILES string of the molecule is Cc1cccc(OCCn2ccnc2C)c1C. The number of aromatic nitrogens is 2. The summed E-state index contributed by atoms with van der Waals surface area (Å²) in [7, 11) is 0. The topological polar surface area (TPSA) is 27.1 Å². The summed E-state index contributed by atoms with van der Waals surface area (Å²) in [6.45, 7) is 7.69. The van der Waals surface area contributed by atoms with Crippen molar-refractivity contribution < 1.29 is 4.74 Å². The third-order valence-corrected chi connectivity index (χ3v) is 3.07. The molecule has 0 fully saturated rings. The highest BCUT2D eigenvalue weighted by Gasteiger charge is 2.02. The number of nitrogens with zero attached hydrogens (tertiary/aromatic N) is 2. The molecule has 2 rings (SSSR count). The Hall–Kier alpha value is -1.77. The first-order chi connectivity index (χ1) is 8.18. The summed E-state index contributed by atoms with van der Waals surface area (Å²) in [5.41, 5.74) is 2.48. The molecule has 0 N–H and O–H groups in total. The van der Waals surface area contributed by atoms with E-state index in [2.05, 4.69) is 29.5 Å². The van der Waals surface area contributed by atoms with E-state index >= 15 is 0 Å². The van der Waals surface area contributed by atoms with Crippen molar-refractivity contribution in [2.75, 3.05) is 6.61 Å². The van der Waals surface area contributed by atoms with E-state index in [9.17, 15) is 0 Å². The molecule has 0 unspecified atom stereocenters. The van der Waals surface area contributed by atoms with Gasteiger partial charge in [-0.05, 0) is 38.0 Å². The number of hydrogen-bond acceptors (Lipinski definition) is 2.